The molecule has 0 saturated carbocycles. The lowest BCUT2D eigenvalue weighted by atomic mass is 9.88. The lowest BCUT2D eigenvalue weighted by molar-refractivity contribution is 0.236. The van der Waals surface area contributed by atoms with Crippen LogP contribution in [0.15, 0.2) is 33.7 Å². The predicted molar refractivity (Wildman–Crippen MR) is 69.9 cm³/mol. The first kappa shape index (κ1) is 11.6. The molecule has 0 spiro atoms. The Balaban J connectivity index is 2.21. The Morgan fingerprint density at radius 3 is 2.38 bits per heavy atom. The number of aliphatic imine (C=N–C) groups is 1. The molecule has 16 heavy (non-hydrogen) atoms. The topological polar surface area (TPSA) is 21.6 Å². The quantitative estimate of drug-likeness (QED) is 0.770. The lowest BCUT2D eigenvalue weighted by Gasteiger charge is -2.21. The summed E-state index contributed by atoms with van der Waals surface area (Å²) >= 11 is 3.42. The van der Waals surface area contributed by atoms with Crippen molar-refractivity contribution in [3.8, 4) is 0 Å². The Hall–Kier alpha value is -0.830. The van der Waals surface area contributed by atoms with E-state index in [0.29, 0.717) is 6.61 Å². The van der Waals surface area contributed by atoms with Crippen LogP contribution in [0.4, 0.5) is 0 Å². The smallest absolute Gasteiger partial charge is 0.216 e. The summed E-state index contributed by atoms with van der Waals surface area (Å²) in [4.78, 5) is 4.64. The van der Waals surface area contributed by atoms with Crippen molar-refractivity contribution in [2.75, 3.05) is 6.61 Å². The highest BCUT2D eigenvalue weighted by molar-refractivity contribution is 9.10. The first-order valence-corrected chi connectivity index (χ1v) is 6.22. The first-order chi connectivity index (χ1) is 7.47. The van der Waals surface area contributed by atoms with Crippen molar-refractivity contribution in [3.63, 3.8) is 0 Å². The van der Waals surface area contributed by atoms with Crippen molar-refractivity contribution in [2.45, 2.75) is 26.8 Å². The Labute approximate surface area is 105 Å². The zero-order valence-electron chi connectivity index (χ0n) is 9.83. The summed E-state index contributed by atoms with van der Waals surface area (Å²) in [5.41, 5.74) is 1.21. The molecule has 0 bridgehead atoms. The highest BCUT2D eigenvalue weighted by atomic mass is 79.9. The summed E-state index contributed by atoms with van der Waals surface area (Å²) in [6, 6.07) is 8.31. The van der Waals surface area contributed by atoms with Crippen molar-refractivity contribution in [1.82, 2.24) is 0 Å². The summed E-state index contributed by atoms with van der Waals surface area (Å²) < 4.78 is 6.72. The van der Waals surface area contributed by atoms with Crippen LogP contribution in [0.5, 0.6) is 0 Å². The third-order valence-electron chi connectivity index (χ3n) is 2.74. The maximum absolute atomic E-state index is 5.65. The van der Waals surface area contributed by atoms with Crippen LogP contribution >= 0.6 is 15.9 Å². The molecule has 0 unspecified atom stereocenters. The number of hydrogen-bond donors (Lipinski definition) is 0. The van der Waals surface area contributed by atoms with Gasteiger partial charge in [0.05, 0.1) is 6.04 Å². The van der Waals surface area contributed by atoms with Gasteiger partial charge in [-0.1, -0.05) is 36.7 Å². The molecule has 1 aromatic carbocycles. The van der Waals surface area contributed by atoms with Gasteiger partial charge >= 0.3 is 0 Å². The highest BCUT2D eigenvalue weighted by Crippen LogP contribution is 2.27. The molecule has 0 N–H and O–H groups in total. The maximum atomic E-state index is 5.65. The summed E-state index contributed by atoms with van der Waals surface area (Å²) in [5, 5.41) is 0. The van der Waals surface area contributed by atoms with E-state index in [1.807, 2.05) is 24.3 Å². The molecule has 2 nitrogen and oxygen atoms in total. The third-order valence-corrected chi connectivity index (χ3v) is 3.27. The van der Waals surface area contributed by atoms with Crippen LogP contribution in [0, 0.1) is 5.41 Å². The number of benzene rings is 1. The number of halogens is 1. The SMILES string of the molecule is CC(C)(C)[C@H]1COC(c2ccc(Br)cc2)=N1. The van der Waals surface area contributed by atoms with E-state index in [4.69, 9.17) is 4.74 Å². The minimum Gasteiger partial charge on any atom is -0.475 e. The molecule has 0 radical (unpaired) electrons. The second-order valence-electron chi connectivity index (χ2n) is 5.13. The fourth-order valence-corrected chi connectivity index (χ4v) is 1.83. The number of ether oxygens (including phenoxy) is 1. The number of hydrogen-bond acceptors (Lipinski definition) is 2. The first-order valence-electron chi connectivity index (χ1n) is 5.43. The van der Waals surface area contributed by atoms with Crippen LogP contribution in [0.3, 0.4) is 0 Å². The van der Waals surface area contributed by atoms with Crippen LogP contribution in [0.1, 0.15) is 26.3 Å². The molecule has 3 heteroatoms. The Kier molecular flexibility index (Phi) is 3.06. The molecule has 1 aromatic rings. The van der Waals surface area contributed by atoms with Gasteiger partial charge in [0.2, 0.25) is 5.90 Å². The summed E-state index contributed by atoms with van der Waals surface area (Å²) in [7, 11) is 0. The zero-order valence-corrected chi connectivity index (χ0v) is 11.4. The lowest BCUT2D eigenvalue weighted by Crippen LogP contribution is -2.25. The molecular formula is C13H16BrNO. The number of rotatable bonds is 1. The van der Waals surface area contributed by atoms with Crippen LogP contribution in [0.2, 0.25) is 0 Å². The normalized spacial score (nSPS) is 20.5. The van der Waals surface area contributed by atoms with Gasteiger partial charge in [-0.2, -0.15) is 0 Å². The second-order valence-corrected chi connectivity index (χ2v) is 6.05. The van der Waals surface area contributed by atoms with Crippen molar-refractivity contribution in [2.24, 2.45) is 10.4 Å². The van der Waals surface area contributed by atoms with Crippen molar-refractivity contribution in [1.29, 1.82) is 0 Å². The molecule has 0 saturated heterocycles. The van der Waals surface area contributed by atoms with Gasteiger partial charge in [0, 0.05) is 10.0 Å². The monoisotopic (exact) mass is 281 g/mol. The molecule has 1 heterocycles. The molecule has 0 aliphatic carbocycles. The van der Waals surface area contributed by atoms with E-state index in [2.05, 4.69) is 41.7 Å². The Morgan fingerprint density at radius 1 is 1.25 bits per heavy atom. The van der Waals surface area contributed by atoms with E-state index in [-0.39, 0.29) is 11.5 Å². The van der Waals surface area contributed by atoms with Crippen molar-refractivity contribution in [3.05, 3.63) is 34.3 Å². The van der Waals surface area contributed by atoms with Crippen LogP contribution in [-0.4, -0.2) is 18.5 Å². The van der Waals surface area contributed by atoms with Crippen LogP contribution in [-0.2, 0) is 4.74 Å². The van der Waals surface area contributed by atoms with E-state index in [9.17, 15) is 0 Å². The van der Waals surface area contributed by atoms with Gasteiger partial charge in [-0.05, 0) is 29.7 Å². The van der Waals surface area contributed by atoms with Gasteiger partial charge in [-0.25, -0.2) is 4.99 Å². The van der Waals surface area contributed by atoms with Crippen LogP contribution < -0.4 is 0 Å². The van der Waals surface area contributed by atoms with Crippen molar-refractivity contribution >= 4 is 21.8 Å². The molecule has 0 amide bonds. The second kappa shape index (κ2) is 4.21. The molecule has 0 aromatic heterocycles. The minimum atomic E-state index is 0.164. The fourth-order valence-electron chi connectivity index (χ4n) is 1.57. The van der Waals surface area contributed by atoms with E-state index in [1.54, 1.807) is 0 Å². The standard InChI is InChI=1S/C13H16BrNO/c1-13(2,3)11-8-16-12(15-11)9-4-6-10(14)7-5-9/h4-7,11H,8H2,1-3H3/t11-/m1/s1. The Bertz CT molecular complexity index is 403. The molecule has 86 valence electrons. The molecule has 1 atom stereocenters. The van der Waals surface area contributed by atoms with Gasteiger partial charge in [0.1, 0.15) is 6.61 Å². The van der Waals surface area contributed by atoms with Gasteiger partial charge in [-0.3, -0.25) is 0 Å². The number of nitrogens with zero attached hydrogens (tertiary/aromatic N) is 1. The van der Waals surface area contributed by atoms with E-state index < -0.39 is 0 Å². The molecular weight excluding hydrogens is 266 g/mol. The van der Waals surface area contributed by atoms with Gasteiger partial charge in [0.15, 0.2) is 0 Å². The molecule has 0 fully saturated rings. The molecule has 1 aliphatic heterocycles. The molecule has 2 rings (SSSR count). The van der Waals surface area contributed by atoms with Gasteiger partial charge in [-0.15, -0.1) is 0 Å². The average Bonchev–Trinajstić information content (AvgIpc) is 2.67. The van der Waals surface area contributed by atoms with Crippen molar-refractivity contribution < 1.29 is 4.74 Å². The Morgan fingerprint density at radius 2 is 1.88 bits per heavy atom. The zero-order chi connectivity index (χ0) is 11.8. The predicted octanol–water partition coefficient (Wildman–Crippen LogP) is 3.64. The molecule has 1 aliphatic rings. The summed E-state index contributed by atoms with van der Waals surface area (Å²) in [6.07, 6.45) is 0. The largest absolute Gasteiger partial charge is 0.475 e. The summed E-state index contributed by atoms with van der Waals surface area (Å²) in [5.74, 6) is 0.771. The third kappa shape index (κ3) is 2.46. The highest BCUT2D eigenvalue weighted by Gasteiger charge is 2.30. The van der Waals surface area contributed by atoms with Gasteiger partial charge < -0.3 is 4.74 Å². The van der Waals surface area contributed by atoms with E-state index >= 15 is 0 Å². The van der Waals surface area contributed by atoms with E-state index in [0.717, 1.165) is 15.9 Å². The maximum Gasteiger partial charge on any atom is 0.216 e. The minimum absolute atomic E-state index is 0.164. The fraction of sp³-hybridized carbons (Fsp3) is 0.462. The summed E-state index contributed by atoms with van der Waals surface area (Å²) in [6.45, 7) is 7.26. The van der Waals surface area contributed by atoms with E-state index in [1.165, 1.54) is 0 Å². The van der Waals surface area contributed by atoms with Gasteiger partial charge in [0.25, 0.3) is 0 Å². The average molecular weight is 282 g/mol. The van der Waals surface area contributed by atoms with Crippen LogP contribution in [0.25, 0.3) is 0 Å².